The summed E-state index contributed by atoms with van der Waals surface area (Å²) in [4.78, 5) is 8.12. The molecule has 0 aromatic carbocycles. The summed E-state index contributed by atoms with van der Waals surface area (Å²) in [7, 11) is -1.34. The third-order valence-corrected chi connectivity index (χ3v) is 10.5. The number of halogens is 2. The van der Waals surface area contributed by atoms with Gasteiger partial charge in [-0.15, -0.1) is 0 Å². The topological polar surface area (TPSA) is 20.2 Å². The second-order valence-electron chi connectivity index (χ2n) is 2.24. The first kappa shape index (κ1) is 14.0. The van der Waals surface area contributed by atoms with Crippen LogP contribution in [0.2, 0.25) is 0 Å². The molecule has 1 nitrogen and oxygen atoms in total. The molecular weight excluding hydrogens is 577 g/mol. The van der Waals surface area contributed by atoms with Gasteiger partial charge in [0.1, 0.15) is 0 Å². The predicted molar refractivity (Wildman–Crippen MR) is 70.9 cm³/mol. The molecule has 0 fully saturated rings. The first-order valence-corrected chi connectivity index (χ1v) is 20.2. The van der Waals surface area contributed by atoms with E-state index in [1.165, 1.54) is 6.42 Å². The second-order valence-corrected chi connectivity index (χ2v) is 29.8. The minimum atomic E-state index is -0.717. The van der Waals surface area contributed by atoms with Crippen molar-refractivity contribution in [2.24, 2.45) is 0 Å². The molecule has 0 saturated carbocycles. The van der Waals surface area contributed by atoms with Crippen molar-refractivity contribution in [3.8, 4) is 0 Å². The molecule has 12 heavy (non-hydrogen) atoms. The van der Waals surface area contributed by atoms with Crippen molar-refractivity contribution in [3.63, 3.8) is 0 Å². The van der Waals surface area contributed by atoms with Crippen molar-refractivity contribution in [1.29, 1.82) is 0 Å². The van der Waals surface area contributed by atoms with Gasteiger partial charge in [-0.1, -0.05) is 0 Å². The van der Waals surface area contributed by atoms with E-state index < -0.39 is 17.5 Å². The van der Waals surface area contributed by atoms with Crippen LogP contribution in [0.5, 0.6) is 0 Å². The molecule has 0 aromatic heterocycles. The molecule has 0 amide bonds. The summed E-state index contributed by atoms with van der Waals surface area (Å²) in [6, 6.07) is 0. The average Bonchev–Trinajstić information content (AvgIpc) is 2.34. The van der Waals surface area contributed by atoms with Gasteiger partial charge in [0.25, 0.3) is 0 Å². The van der Waals surface area contributed by atoms with E-state index in [-0.39, 0.29) is 0 Å². The molecule has 1 aliphatic rings. The quantitative estimate of drug-likeness (QED) is 0.365. The van der Waals surface area contributed by atoms with Crippen LogP contribution in [-0.2, 0) is 9.33 Å². The summed E-state index contributed by atoms with van der Waals surface area (Å²) >= 11 is 5.18. The summed E-state index contributed by atoms with van der Waals surface area (Å²) in [6.07, 6.45) is 7.91. The Morgan fingerprint density at radius 3 is 2.17 bits per heavy atom. The fourth-order valence-electron chi connectivity index (χ4n) is 0.505. The molecule has 0 heterocycles. The Balaban J connectivity index is 0.000000261. The van der Waals surface area contributed by atoms with E-state index in [0.717, 1.165) is 0 Å². The van der Waals surface area contributed by atoms with Gasteiger partial charge >= 0.3 is 77.2 Å². The normalized spacial score (nSPS) is 15.5. The summed E-state index contributed by atoms with van der Waals surface area (Å²) in [5, 5.41) is 0. The molecule has 0 atom stereocenters. The Morgan fingerprint density at radius 1 is 1.50 bits per heavy atom. The molecule has 0 saturated heterocycles. The molecular formula is C7H12I2IrOP. The SMILES string of the molecule is CP(C)O.[I][Ir]([I])[C]1=CC=CC1. The zero-order chi connectivity index (χ0) is 9.56. The van der Waals surface area contributed by atoms with Crippen molar-refractivity contribution in [1.82, 2.24) is 0 Å². The Morgan fingerprint density at radius 2 is 2.00 bits per heavy atom. The summed E-state index contributed by atoms with van der Waals surface area (Å²) in [6.45, 7) is 3.57. The van der Waals surface area contributed by atoms with Gasteiger partial charge in [-0.25, -0.2) is 0 Å². The van der Waals surface area contributed by atoms with Crippen LogP contribution < -0.4 is 0 Å². The maximum atomic E-state index is 8.12. The number of hydrogen-bond donors (Lipinski definition) is 1. The number of hydrogen-bond acceptors (Lipinski definition) is 1. The van der Waals surface area contributed by atoms with Gasteiger partial charge in [0, 0.05) is 8.15 Å². The van der Waals surface area contributed by atoms with Crippen LogP contribution in [0.15, 0.2) is 22.3 Å². The average molecular weight is 589 g/mol. The molecule has 0 bridgehead atoms. The zero-order valence-corrected chi connectivity index (χ0v) is 14.5. The number of allylic oxidation sites excluding steroid dienone is 4. The molecule has 74 valence electrons. The summed E-state index contributed by atoms with van der Waals surface area (Å²) in [5.74, 6) is 0. The van der Waals surface area contributed by atoms with E-state index >= 15 is 0 Å². The van der Waals surface area contributed by atoms with Crippen LogP contribution in [0.1, 0.15) is 6.42 Å². The van der Waals surface area contributed by atoms with Crippen LogP contribution in [-0.4, -0.2) is 18.2 Å². The maximum absolute atomic E-state index is 8.12. The molecule has 1 aliphatic carbocycles. The zero-order valence-electron chi connectivity index (χ0n) is 6.92. The third-order valence-electron chi connectivity index (χ3n) is 0.871. The van der Waals surface area contributed by atoms with Crippen LogP contribution in [0.4, 0.5) is 0 Å². The van der Waals surface area contributed by atoms with Crippen molar-refractivity contribution >= 4 is 47.3 Å². The molecule has 0 radical (unpaired) electrons. The van der Waals surface area contributed by atoms with Crippen molar-refractivity contribution in [2.75, 3.05) is 13.3 Å². The van der Waals surface area contributed by atoms with Crippen LogP contribution in [0, 0.1) is 0 Å². The Labute approximate surface area is 102 Å². The van der Waals surface area contributed by atoms with Crippen molar-refractivity contribution in [2.45, 2.75) is 6.42 Å². The van der Waals surface area contributed by atoms with Crippen molar-refractivity contribution in [3.05, 3.63) is 22.3 Å². The second kappa shape index (κ2) is 8.30. The summed E-state index contributed by atoms with van der Waals surface area (Å²) in [5.41, 5.74) is 0. The fourth-order valence-corrected chi connectivity index (χ4v) is 6.05. The van der Waals surface area contributed by atoms with E-state index in [2.05, 4.69) is 57.4 Å². The van der Waals surface area contributed by atoms with Gasteiger partial charge in [-0.2, -0.15) is 0 Å². The van der Waals surface area contributed by atoms with Gasteiger partial charge in [-0.05, 0) is 13.3 Å². The van der Waals surface area contributed by atoms with Gasteiger partial charge in [0.05, 0.1) is 0 Å². The van der Waals surface area contributed by atoms with Crippen LogP contribution >= 0.6 is 47.3 Å². The minimum absolute atomic E-state index is 0.620. The van der Waals surface area contributed by atoms with Gasteiger partial charge < -0.3 is 4.89 Å². The van der Waals surface area contributed by atoms with E-state index in [4.69, 9.17) is 4.89 Å². The fraction of sp³-hybridized carbons (Fsp3) is 0.429. The molecule has 0 unspecified atom stereocenters. The van der Waals surface area contributed by atoms with E-state index in [9.17, 15) is 0 Å². The first-order chi connectivity index (χ1) is 5.54. The van der Waals surface area contributed by atoms with Crippen LogP contribution in [0.3, 0.4) is 0 Å². The molecule has 0 aromatic rings. The standard InChI is InChI=1S/C5H5.C2H7OP.2HI.Ir/c1-2-4-5-3-1;1-4(2)3;;;/h1-3H,4H2;3H,1-2H3;2*1H;/q;;;;+2/p-2. The van der Waals surface area contributed by atoms with Gasteiger partial charge in [0.2, 0.25) is 0 Å². The predicted octanol–water partition coefficient (Wildman–Crippen LogP) is 3.78. The molecule has 1 N–H and O–H groups in total. The molecule has 1 rings (SSSR count). The van der Waals surface area contributed by atoms with E-state index in [1.807, 2.05) is 0 Å². The first-order valence-electron chi connectivity index (χ1n) is 3.23. The molecule has 5 heteroatoms. The number of rotatable bonds is 1. The van der Waals surface area contributed by atoms with E-state index in [1.54, 1.807) is 17.4 Å². The van der Waals surface area contributed by atoms with Crippen molar-refractivity contribution < 1.29 is 14.2 Å². The van der Waals surface area contributed by atoms with Gasteiger partial charge in [-0.3, -0.25) is 0 Å². The van der Waals surface area contributed by atoms with Crippen LogP contribution in [0.25, 0.3) is 0 Å². The Hall–Kier alpha value is 1.98. The third kappa shape index (κ3) is 8.57. The molecule has 0 spiro atoms. The Kier molecular flexibility index (Phi) is 9.67. The summed E-state index contributed by atoms with van der Waals surface area (Å²) < 4.78 is 1.70. The molecule has 0 aliphatic heterocycles. The monoisotopic (exact) mass is 590 g/mol. The van der Waals surface area contributed by atoms with Gasteiger partial charge in [0.15, 0.2) is 0 Å². The Bertz CT molecular complexity index is 177. The van der Waals surface area contributed by atoms with E-state index in [0.29, 0.717) is 0 Å².